The average molecular weight is 388 g/mol. The number of ether oxygens (including phenoxy) is 1. The van der Waals surface area contributed by atoms with Crippen molar-refractivity contribution in [1.82, 2.24) is 0 Å². The highest BCUT2D eigenvalue weighted by atomic mass is 16.5. The van der Waals surface area contributed by atoms with Gasteiger partial charge in [-0.3, -0.25) is 9.59 Å². The van der Waals surface area contributed by atoms with E-state index < -0.39 is 12.6 Å². The van der Waals surface area contributed by atoms with Crippen LogP contribution in [-0.4, -0.2) is 30.8 Å². The molecule has 0 aromatic heterocycles. The van der Waals surface area contributed by atoms with Gasteiger partial charge in [0, 0.05) is 24.2 Å². The smallest absolute Gasteiger partial charge is 0.349 e. The molecular formula is C23H20N2O4. The molecule has 1 amide bonds. The van der Waals surface area contributed by atoms with Crippen LogP contribution in [0.4, 0.5) is 5.69 Å². The van der Waals surface area contributed by atoms with Crippen LogP contribution in [0.1, 0.15) is 34.3 Å². The number of carbonyl (C=O) groups excluding carboxylic acids is 3. The Balaban J connectivity index is 1.60. The van der Waals surface area contributed by atoms with Crippen LogP contribution in [0.25, 0.3) is 6.08 Å². The summed E-state index contributed by atoms with van der Waals surface area (Å²) in [5.74, 6) is -1.16. The zero-order chi connectivity index (χ0) is 20.8. The molecular weight excluding hydrogens is 368 g/mol. The maximum absolute atomic E-state index is 12.3. The molecule has 0 atom stereocenters. The monoisotopic (exact) mass is 388 g/mol. The first kappa shape index (κ1) is 20.0. The molecule has 3 rings (SSSR count). The first-order valence-corrected chi connectivity index (χ1v) is 9.27. The number of hydrogen-bond donors (Lipinski definition) is 0. The second-order valence-corrected chi connectivity index (χ2v) is 6.78. The first-order valence-electron chi connectivity index (χ1n) is 9.27. The summed E-state index contributed by atoms with van der Waals surface area (Å²) in [6, 6.07) is 15.7. The van der Waals surface area contributed by atoms with Crippen molar-refractivity contribution in [2.75, 3.05) is 18.1 Å². The van der Waals surface area contributed by atoms with Gasteiger partial charge in [0.05, 0.1) is 0 Å². The van der Waals surface area contributed by atoms with E-state index in [1.807, 2.05) is 25.1 Å². The van der Waals surface area contributed by atoms with E-state index in [0.717, 1.165) is 17.7 Å². The molecule has 146 valence electrons. The standard InChI is InChI=1S/C23H20N2O4/c1-16-4-6-17(7-5-16)13-19(14-24)23(28)29-15-21(26)18-8-10-20(11-9-18)25-12-2-3-22(25)27/h4-11,13H,2-3,12,15H2,1H3/b19-13+. The molecule has 1 aliphatic heterocycles. The van der Waals surface area contributed by atoms with Gasteiger partial charge in [-0.25, -0.2) is 4.79 Å². The molecule has 29 heavy (non-hydrogen) atoms. The largest absolute Gasteiger partial charge is 0.453 e. The summed E-state index contributed by atoms with van der Waals surface area (Å²) in [6.45, 7) is 2.15. The number of nitrogens with zero attached hydrogens (tertiary/aromatic N) is 2. The second kappa shape index (κ2) is 8.98. The SMILES string of the molecule is Cc1ccc(/C=C(\C#N)C(=O)OCC(=O)c2ccc(N3CCCC3=O)cc2)cc1. The number of benzene rings is 2. The number of esters is 1. The Morgan fingerprint density at radius 3 is 2.41 bits per heavy atom. The van der Waals surface area contributed by atoms with Crippen LogP contribution in [-0.2, 0) is 14.3 Å². The number of amides is 1. The van der Waals surface area contributed by atoms with Crippen LogP contribution >= 0.6 is 0 Å². The molecule has 0 unspecified atom stereocenters. The highest BCUT2D eigenvalue weighted by Crippen LogP contribution is 2.21. The fraction of sp³-hybridized carbons (Fsp3) is 0.217. The number of ketones is 1. The third-order valence-electron chi connectivity index (χ3n) is 4.64. The minimum atomic E-state index is -0.847. The number of nitriles is 1. The molecule has 1 heterocycles. The Morgan fingerprint density at radius 2 is 1.83 bits per heavy atom. The molecule has 0 bridgehead atoms. The van der Waals surface area contributed by atoms with Gasteiger partial charge in [0.2, 0.25) is 5.91 Å². The molecule has 2 aromatic carbocycles. The third kappa shape index (κ3) is 4.96. The summed E-state index contributed by atoms with van der Waals surface area (Å²) in [6.07, 6.45) is 2.79. The first-order chi connectivity index (χ1) is 14.0. The van der Waals surface area contributed by atoms with Gasteiger partial charge in [0.1, 0.15) is 11.6 Å². The maximum Gasteiger partial charge on any atom is 0.349 e. The van der Waals surface area contributed by atoms with Gasteiger partial charge in [-0.05, 0) is 49.2 Å². The van der Waals surface area contributed by atoms with E-state index in [1.165, 1.54) is 6.08 Å². The molecule has 0 radical (unpaired) electrons. The lowest BCUT2D eigenvalue weighted by atomic mass is 10.1. The van der Waals surface area contributed by atoms with E-state index >= 15 is 0 Å². The van der Waals surface area contributed by atoms with Gasteiger partial charge in [0.15, 0.2) is 12.4 Å². The van der Waals surface area contributed by atoms with Gasteiger partial charge < -0.3 is 9.64 Å². The quantitative estimate of drug-likeness (QED) is 0.327. The lowest BCUT2D eigenvalue weighted by Gasteiger charge is -2.15. The molecule has 1 saturated heterocycles. The number of aryl methyl sites for hydroxylation is 1. The van der Waals surface area contributed by atoms with Crippen LogP contribution in [0.3, 0.4) is 0 Å². The van der Waals surface area contributed by atoms with Crippen molar-refractivity contribution >= 4 is 29.4 Å². The van der Waals surface area contributed by atoms with Crippen LogP contribution in [0, 0.1) is 18.3 Å². The van der Waals surface area contributed by atoms with E-state index in [2.05, 4.69) is 0 Å². The van der Waals surface area contributed by atoms with E-state index in [1.54, 1.807) is 41.3 Å². The molecule has 6 nitrogen and oxygen atoms in total. The second-order valence-electron chi connectivity index (χ2n) is 6.78. The number of anilines is 1. The van der Waals surface area contributed by atoms with E-state index in [9.17, 15) is 19.6 Å². The Kier molecular flexibility index (Phi) is 6.20. The molecule has 6 heteroatoms. The highest BCUT2D eigenvalue weighted by molar-refractivity contribution is 6.02. The summed E-state index contributed by atoms with van der Waals surface area (Å²) < 4.78 is 5.01. The Bertz CT molecular complexity index is 999. The molecule has 0 saturated carbocycles. The van der Waals surface area contributed by atoms with Crippen molar-refractivity contribution in [2.45, 2.75) is 19.8 Å². The van der Waals surface area contributed by atoms with Crippen molar-refractivity contribution in [3.63, 3.8) is 0 Å². The number of Topliss-reactive ketones (excluding diaryl/α,β-unsaturated/α-hetero) is 1. The van der Waals surface area contributed by atoms with Crippen molar-refractivity contribution in [3.05, 3.63) is 70.8 Å². The Hall–Kier alpha value is -3.72. The summed E-state index contributed by atoms with van der Waals surface area (Å²) in [5.41, 5.74) is 2.70. The molecule has 1 aliphatic rings. The van der Waals surface area contributed by atoms with Crippen molar-refractivity contribution < 1.29 is 19.1 Å². The summed E-state index contributed by atoms with van der Waals surface area (Å²) in [5, 5.41) is 9.21. The van der Waals surface area contributed by atoms with Crippen LogP contribution in [0.2, 0.25) is 0 Å². The number of carbonyl (C=O) groups is 3. The third-order valence-corrected chi connectivity index (χ3v) is 4.64. The molecule has 0 aliphatic carbocycles. The van der Waals surface area contributed by atoms with Crippen LogP contribution in [0.5, 0.6) is 0 Å². The van der Waals surface area contributed by atoms with Gasteiger partial charge in [-0.15, -0.1) is 0 Å². The molecule has 0 spiro atoms. The van der Waals surface area contributed by atoms with Crippen molar-refractivity contribution in [1.29, 1.82) is 5.26 Å². The summed E-state index contributed by atoms with van der Waals surface area (Å²) in [4.78, 5) is 37.9. The Morgan fingerprint density at radius 1 is 1.14 bits per heavy atom. The number of rotatable bonds is 6. The average Bonchev–Trinajstić information content (AvgIpc) is 3.17. The summed E-state index contributed by atoms with van der Waals surface area (Å²) >= 11 is 0. The minimum Gasteiger partial charge on any atom is -0.453 e. The Labute approximate surface area is 169 Å². The predicted octanol–water partition coefficient (Wildman–Crippen LogP) is 3.45. The van der Waals surface area contributed by atoms with E-state index in [-0.39, 0.29) is 17.3 Å². The summed E-state index contributed by atoms with van der Waals surface area (Å²) in [7, 11) is 0. The minimum absolute atomic E-state index is 0.0717. The van der Waals surface area contributed by atoms with Crippen LogP contribution < -0.4 is 4.90 Å². The fourth-order valence-electron chi connectivity index (χ4n) is 3.01. The van der Waals surface area contributed by atoms with E-state index in [4.69, 9.17) is 4.74 Å². The van der Waals surface area contributed by atoms with Crippen LogP contribution in [0.15, 0.2) is 54.1 Å². The zero-order valence-corrected chi connectivity index (χ0v) is 16.1. The van der Waals surface area contributed by atoms with Crippen molar-refractivity contribution in [2.24, 2.45) is 0 Å². The topological polar surface area (TPSA) is 87.5 Å². The fourth-order valence-corrected chi connectivity index (χ4v) is 3.01. The van der Waals surface area contributed by atoms with E-state index in [0.29, 0.717) is 24.1 Å². The zero-order valence-electron chi connectivity index (χ0n) is 16.1. The molecule has 1 fully saturated rings. The predicted molar refractivity (Wildman–Crippen MR) is 108 cm³/mol. The molecule has 0 N–H and O–H groups in total. The van der Waals surface area contributed by atoms with Gasteiger partial charge in [-0.1, -0.05) is 29.8 Å². The van der Waals surface area contributed by atoms with Gasteiger partial charge >= 0.3 is 5.97 Å². The normalized spacial score (nSPS) is 13.9. The highest BCUT2D eigenvalue weighted by Gasteiger charge is 2.22. The molecule has 2 aromatic rings. The van der Waals surface area contributed by atoms with Gasteiger partial charge in [-0.2, -0.15) is 5.26 Å². The number of hydrogen-bond acceptors (Lipinski definition) is 5. The lowest BCUT2D eigenvalue weighted by Crippen LogP contribution is -2.23. The maximum atomic E-state index is 12.3. The van der Waals surface area contributed by atoms with Crippen molar-refractivity contribution in [3.8, 4) is 6.07 Å². The van der Waals surface area contributed by atoms with Gasteiger partial charge in [0.25, 0.3) is 0 Å². The lowest BCUT2D eigenvalue weighted by molar-refractivity contribution is -0.137.